The van der Waals surface area contributed by atoms with E-state index in [1.807, 2.05) is 11.0 Å². The van der Waals surface area contributed by atoms with E-state index in [2.05, 4.69) is 36.1 Å². The van der Waals surface area contributed by atoms with Crippen LogP contribution in [0, 0.1) is 5.92 Å². The lowest BCUT2D eigenvalue weighted by atomic mass is 9.97. The maximum absolute atomic E-state index is 13.0. The summed E-state index contributed by atoms with van der Waals surface area (Å²) >= 11 is 0. The number of hydrogen-bond donors (Lipinski definition) is 1. The number of amides is 1. The van der Waals surface area contributed by atoms with Gasteiger partial charge in [0.25, 0.3) is 5.91 Å². The molecule has 1 amide bonds. The zero-order valence-corrected chi connectivity index (χ0v) is 15.4. The molecule has 0 spiro atoms. The van der Waals surface area contributed by atoms with Crippen molar-refractivity contribution in [2.75, 3.05) is 24.5 Å². The second kappa shape index (κ2) is 7.16. The van der Waals surface area contributed by atoms with E-state index in [9.17, 15) is 4.79 Å². The van der Waals surface area contributed by atoms with E-state index >= 15 is 0 Å². The third-order valence-corrected chi connectivity index (χ3v) is 5.87. The molecule has 1 unspecified atom stereocenters. The normalized spacial score (nSPS) is 20.5. The van der Waals surface area contributed by atoms with Crippen molar-refractivity contribution in [3.63, 3.8) is 0 Å². The summed E-state index contributed by atoms with van der Waals surface area (Å²) < 4.78 is 5.62. The molecule has 1 aromatic heterocycles. The topological polar surface area (TPSA) is 62.7 Å². The molecule has 5 nitrogen and oxygen atoms in total. The van der Waals surface area contributed by atoms with Crippen molar-refractivity contribution in [2.24, 2.45) is 11.7 Å². The Hall–Kier alpha value is -2.27. The molecule has 138 valence electrons. The summed E-state index contributed by atoms with van der Waals surface area (Å²) in [5.74, 6) is 1.05. The van der Waals surface area contributed by atoms with Crippen LogP contribution in [0.5, 0.6) is 0 Å². The minimum Gasteiger partial charge on any atom is -0.459 e. The van der Waals surface area contributed by atoms with Crippen molar-refractivity contribution in [1.82, 2.24) is 4.90 Å². The van der Waals surface area contributed by atoms with E-state index in [-0.39, 0.29) is 5.91 Å². The first-order chi connectivity index (χ1) is 12.7. The molecular weight excluding hydrogens is 326 g/mol. The molecule has 26 heavy (non-hydrogen) atoms. The molecule has 0 bridgehead atoms. The largest absolute Gasteiger partial charge is 0.459 e. The zero-order valence-electron chi connectivity index (χ0n) is 15.4. The first kappa shape index (κ1) is 17.2. The first-order valence-corrected chi connectivity index (χ1v) is 9.57. The van der Waals surface area contributed by atoms with Crippen LogP contribution in [-0.2, 0) is 13.0 Å². The predicted octanol–water partition coefficient (Wildman–Crippen LogP) is 3.04. The number of anilines is 1. The lowest BCUT2D eigenvalue weighted by molar-refractivity contribution is 0.0659. The summed E-state index contributed by atoms with van der Waals surface area (Å²) in [5.41, 5.74) is 9.37. The Kier molecular flexibility index (Phi) is 4.72. The molecule has 0 aliphatic carbocycles. The molecule has 3 heterocycles. The zero-order chi connectivity index (χ0) is 18.1. The average Bonchev–Trinajstić information content (AvgIpc) is 3.26. The fraction of sp³-hybridized carbons (Fsp3) is 0.476. The summed E-state index contributed by atoms with van der Waals surface area (Å²) in [5, 5.41) is 0. The van der Waals surface area contributed by atoms with Gasteiger partial charge in [-0.25, -0.2) is 0 Å². The molecule has 4 rings (SSSR count). The molecule has 1 aromatic carbocycles. The van der Waals surface area contributed by atoms with Crippen molar-refractivity contribution < 1.29 is 9.21 Å². The molecule has 5 heteroatoms. The van der Waals surface area contributed by atoms with Gasteiger partial charge in [0, 0.05) is 36.9 Å². The number of carbonyl (C=O) groups excluding carboxylic acids is 1. The highest BCUT2D eigenvalue weighted by atomic mass is 16.3. The van der Waals surface area contributed by atoms with E-state index in [1.54, 1.807) is 6.26 Å². The van der Waals surface area contributed by atoms with Crippen LogP contribution in [0.4, 0.5) is 5.69 Å². The van der Waals surface area contributed by atoms with Gasteiger partial charge in [-0.2, -0.15) is 0 Å². The molecular formula is C21H27N3O2. The van der Waals surface area contributed by atoms with E-state index in [4.69, 9.17) is 10.2 Å². The molecule has 2 N–H and O–H groups in total. The van der Waals surface area contributed by atoms with Crippen LogP contribution in [0.15, 0.2) is 41.0 Å². The van der Waals surface area contributed by atoms with Crippen LogP contribution < -0.4 is 10.6 Å². The summed E-state index contributed by atoms with van der Waals surface area (Å²) in [4.78, 5) is 17.2. The van der Waals surface area contributed by atoms with Crippen molar-refractivity contribution in [3.05, 3.63) is 53.5 Å². The highest BCUT2D eigenvalue weighted by Crippen LogP contribution is 2.34. The fourth-order valence-corrected chi connectivity index (χ4v) is 4.22. The van der Waals surface area contributed by atoms with Crippen molar-refractivity contribution in [3.8, 4) is 0 Å². The smallest absolute Gasteiger partial charge is 0.289 e. The van der Waals surface area contributed by atoms with Gasteiger partial charge in [-0.1, -0.05) is 18.2 Å². The van der Waals surface area contributed by atoms with Gasteiger partial charge in [0.05, 0.1) is 6.26 Å². The minimum absolute atomic E-state index is 0.0145. The minimum atomic E-state index is 0.0145. The summed E-state index contributed by atoms with van der Waals surface area (Å²) in [6, 6.07) is 10.9. The lowest BCUT2D eigenvalue weighted by Crippen LogP contribution is -2.40. The maximum atomic E-state index is 13.0. The Morgan fingerprint density at radius 1 is 1.23 bits per heavy atom. The number of rotatable bonds is 4. The fourth-order valence-electron chi connectivity index (χ4n) is 4.22. The van der Waals surface area contributed by atoms with Gasteiger partial charge in [0.2, 0.25) is 0 Å². The van der Waals surface area contributed by atoms with Gasteiger partial charge >= 0.3 is 0 Å². The van der Waals surface area contributed by atoms with Crippen molar-refractivity contribution >= 4 is 11.6 Å². The number of fused-ring (bicyclic) bond motifs is 1. The quantitative estimate of drug-likeness (QED) is 0.918. The number of benzene rings is 1. The number of nitrogens with zero attached hydrogens (tertiary/aromatic N) is 2. The Balaban J connectivity index is 1.50. The molecule has 1 saturated heterocycles. The molecule has 1 atom stereocenters. The number of furan rings is 1. The summed E-state index contributed by atoms with van der Waals surface area (Å²) in [7, 11) is 0. The second-order valence-electron chi connectivity index (χ2n) is 7.56. The number of hydrogen-bond acceptors (Lipinski definition) is 4. The van der Waals surface area contributed by atoms with Gasteiger partial charge in [-0.15, -0.1) is 0 Å². The van der Waals surface area contributed by atoms with E-state index in [0.717, 1.165) is 37.9 Å². The molecule has 0 radical (unpaired) electrons. The Morgan fingerprint density at radius 2 is 2.00 bits per heavy atom. The summed E-state index contributed by atoms with van der Waals surface area (Å²) in [6.07, 6.45) is 4.65. The standard InChI is InChI=1S/C21H27N3O2/c1-15-12-17-4-2-3-5-19(17)24(15)14-18-8-11-26-20(18)21(25)23-9-6-16(13-22)7-10-23/h2-5,8,11,15-16H,6-7,9-10,12-14,22H2,1H3. The Morgan fingerprint density at radius 3 is 2.77 bits per heavy atom. The average molecular weight is 353 g/mol. The number of carbonyl (C=O) groups is 1. The Bertz CT molecular complexity index is 777. The molecule has 1 fully saturated rings. The van der Waals surface area contributed by atoms with E-state index < -0.39 is 0 Å². The van der Waals surface area contributed by atoms with Crippen LogP contribution in [-0.4, -0.2) is 36.5 Å². The molecule has 2 aliphatic heterocycles. The summed E-state index contributed by atoms with van der Waals surface area (Å²) in [6.45, 7) is 5.18. The van der Waals surface area contributed by atoms with E-state index in [1.165, 1.54) is 11.3 Å². The van der Waals surface area contributed by atoms with Gasteiger partial charge in [0.1, 0.15) is 0 Å². The van der Waals surface area contributed by atoms with Crippen LogP contribution in [0.3, 0.4) is 0 Å². The monoisotopic (exact) mass is 353 g/mol. The third-order valence-electron chi connectivity index (χ3n) is 5.87. The van der Waals surface area contributed by atoms with Crippen molar-refractivity contribution in [2.45, 2.75) is 38.8 Å². The molecule has 2 aliphatic rings. The van der Waals surface area contributed by atoms with Gasteiger partial charge < -0.3 is 20.0 Å². The Labute approximate surface area is 154 Å². The number of nitrogens with two attached hydrogens (primary N) is 1. The SMILES string of the molecule is CC1Cc2ccccc2N1Cc1ccoc1C(=O)N1CCC(CN)CC1. The highest BCUT2D eigenvalue weighted by molar-refractivity contribution is 5.93. The second-order valence-corrected chi connectivity index (χ2v) is 7.56. The van der Waals surface area contributed by atoms with Crippen molar-refractivity contribution in [1.29, 1.82) is 0 Å². The van der Waals surface area contributed by atoms with Crippen LogP contribution in [0.1, 0.15) is 41.4 Å². The maximum Gasteiger partial charge on any atom is 0.289 e. The third kappa shape index (κ3) is 3.12. The van der Waals surface area contributed by atoms with Crippen LogP contribution in [0.2, 0.25) is 0 Å². The predicted molar refractivity (Wildman–Crippen MR) is 102 cm³/mol. The molecule has 0 saturated carbocycles. The van der Waals surface area contributed by atoms with Crippen LogP contribution in [0.25, 0.3) is 0 Å². The van der Waals surface area contributed by atoms with Crippen LogP contribution >= 0.6 is 0 Å². The highest BCUT2D eigenvalue weighted by Gasteiger charge is 2.30. The molecule has 2 aromatic rings. The van der Waals surface area contributed by atoms with Gasteiger partial charge in [-0.05, 0) is 56.3 Å². The van der Waals surface area contributed by atoms with E-state index in [0.29, 0.717) is 30.8 Å². The van der Waals surface area contributed by atoms with Gasteiger partial charge in [0.15, 0.2) is 5.76 Å². The first-order valence-electron chi connectivity index (χ1n) is 9.57. The number of para-hydroxylation sites is 1. The lowest BCUT2D eigenvalue weighted by Gasteiger charge is -2.31. The number of piperidine rings is 1. The van der Waals surface area contributed by atoms with Gasteiger partial charge in [-0.3, -0.25) is 4.79 Å². The number of likely N-dealkylation sites (tertiary alicyclic amines) is 1.